The zero-order valence-corrected chi connectivity index (χ0v) is 13.8. The Balaban J connectivity index is 2.92. The van der Waals surface area contributed by atoms with E-state index >= 15 is 0 Å². The van der Waals surface area contributed by atoms with E-state index in [0.717, 1.165) is 12.1 Å². The lowest BCUT2D eigenvalue weighted by Gasteiger charge is -2.21. The fraction of sp³-hybridized carbons (Fsp3) is 0.533. The van der Waals surface area contributed by atoms with Crippen LogP contribution in [-0.2, 0) is 10.9 Å². The van der Waals surface area contributed by atoms with Gasteiger partial charge < -0.3 is 25.4 Å². The van der Waals surface area contributed by atoms with Crippen molar-refractivity contribution in [3.05, 3.63) is 23.8 Å². The van der Waals surface area contributed by atoms with Crippen LogP contribution in [0.2, 0.25) is 0 Å². The average Bonchev–Trinajstić information content (AvgIpc) is 2.50. The highest BCUT2D eigenvalue weighted by Crippen LogP contribution is 2.34. The number of hydrogen-bond donors (Lipinski definition) is 3. The van der Waals surface area contributed by atoms with Gasteiger partial charge in [-0.1, -0.05) is 0 Å². The van der Waals surface area contributed by atoms with Crippen LogP contribution in [0.3, 0.4) is 0 Å². The lowest BCUT2D eigenvalue weighted by atomic mass is 10.1. The summed E-state index contributed by atoms with van der Waals surface area (Å²) in [5.41, 5.74) is -0.409. The topological polar surface area (TPSA) is 73.8 Å². The van der Waals surface area contributed by atoms with Gasteiger partial charge in [-0.2, -0.15) is 13.2 Å². The third kappa shape index (κ3) is 5.89. The van der Waals surface area contributed by atoms with Gasteiger partial charge in [0.2, 0.25) is 0 Å². The Morgan fingerprint density at radius 3 is 2.54 bits per heavy atom. The molecule has 0 saturated heterocycles. The first-order valence-corrected chi connectivity index (χ1v) is 7.25. The normalized spacial score (nSPS) is 12.6. The number of anilines is 2. The van der Waals surface area contributed by atoms with Crippen molar-refractivity contribution in [1.82, 2.24) is 5.32 Å². The zero-order valence-electron chi connectivity index (χ0n) is 13.8. The maximum absolute atomic E-state index is 12.9. The molecule has 0 saturated carbocycles. The number of halogens is 3. The molecule has 0 fully saturated rings. The van der Waals surface area contributed by atoms with Crippen LogP contribution in [0.1, 0.15) is 12.0 Å². The second kappa shape index (κ2) is 8.74. The maximum atomic E-state index is 12.9. The van der Waals surface area contributed by atoms with Gasteiger partial charge in [-0.15, -0.1) is 0 Å². The Kier molecular flexibility index (Phi) is 7.30. The van der Waals surface area contributed by atoms with Gasteiger partial charge in [0.1, 0.15) is 0 Å². The van der Waals surface area contributed by atoms with Gasteiger partial charge >= 0.3 is 12.2 Å². The van der Waals surface area contributed by atoms with E-state index in [9.17, 15) is 23.1 Å². The van der Waals surface area contributed by atoms with Gasteiger partial charge in [-0.25, -0.2) is 4.79 Å². The maximum Gasteiger partial charge on any atom is 0.416 e. The summed E-state index contributed by atoms with van der Waals surface area (Å²) < 4.78 is 43.4. The van der Waals surface area contributed by atoms with Crippen LogP contribution in [0.5, 0.6) is 0 Å². The van der Waals surface area contributed by atoms with E-state index in [0.29, 0.717) is 18.7 Å². The molecule has 1 rings (SSSR count). The minimum absolute atomic E-state index is 0.0238. The predicted octanol–water partition coefficient (Wildman–Crippen LogP) is 2.29. The number of ether oxygens (including phenoxy) is 1. The van der Waals surface area contributed by atoms with Gasteiger partial charge in [-0.05, 0) is 24.6 Å². The molecule has 24 heavy (non-hydrogen) atoms. The number of alkyl halides is 3. The number of benzene rings is 1. The molecule has 0 bridgehead atoms. The fourth-order valence-corrected chi connectivity index (χ4v) is 2.02. The number of aliphatic hydroxyl groups is 1. The molecule has 1 aromatic carbocycles. The molecule has 6 nitrogen and oxygen atoms in total. The molecule has 1 unspecified atom stereocenters. The Hall–Kier alpha value is -2.00. The summed E-state index contributed by atoms with van der Waals surface area (Å²) >= 11 is 0. The molecule has 9 heteroatoms. The molecule has 0 aromatic heterocycles. The number of methoxy groups -OCH3 is 1. The second-order valence-corrected chi connectivity index (χ2v) is 5.38. The first-order valence-electron chi connectivity index (χ1n) is 7.25. The van der Waals surface area contributed by atoms with E-state index in [4.69, 9.17) is 4.74 Å². The highest BCUT2D eigenvalue weighted by molar-refractivity contribution is 5.93. The molecular weight excluding hydrogens is 327 g/mol. The van der Waals surface area contributed by atoms with Crippen LogP contribution < -0.4 is 15.5 Å². The summed E-state index contributed by atoms with van der Waals surface area (Å²) in [5, 5.41) is 14.1. The minimum Gasteiger partial charge on any atom is -0.394 e. The Morgan fingerprint density at radius 2 is 2.04 bits per heavy atom. The standard InChI is InChI=1S/C15H22F3N3O3/c1-21(2)13-5-4-10(15(16,17)18)8-12(13)20-14(23)19-11(9-22)6-7-24-3/h4-5,8,11,22H,6-7,9H2,1-3H3,(H2,19,20,23). The number of amides is 2. The molecule has 0 spiro atoms. The third-order valence-electron chi connectivity index (χ3n) is 3.28. The molecule has 3 N–H and O–H groups in total. The summed E-state index contributed by atoms with van der Waals surface area (Å²) in [4.78, 5) is 13.6. The summed E-state index contributed by atoms with van der Waals surface area (Å²) in [6.45, 7) is 0.0257. The van der Waals surface area contributed by atoms with E-state index in [1.807, 2.05) is 0 Å². The molecule has 0 aliphatic rings. The van der Waals surface area contributed by atoms with Gasteiger partial charge in [0.25, 0.3) is 0 Å². The van der Waals surface area contributed by atoms with Crippen molar-refractivity contribution in [2.24, 2.45) is 0 Å². The highest BCUT2D eigenvalue weighted by Gasteiger charge is 2.31. The summed E-state index contributed by atoms with van der Waals surface area (Å²) in [7, 11) is 4.79. The number of rotatable bonds is 7. The molecule has 2 amide bonds. The van der Waals surface area contributed by atoms with Gasteiger partial charge in [0.05, 0.1) is 29.6 Å². The lowest BCUT2D eigenvalue weighted by molar-refractivity contribution is -0.137. The minimum atomic E-state index is -4.51. The number of nitrogens with zero attached hydrogens (tertiary/aromatic N) is 1. The highest BCUT2D eigenvalue weighted by atomic mass is 19.4. The number of nitrogens with one attached hydrogen (secondary N) is 2. The summed E-state index contributed by atoms with van der Waals surface area (Å²) in [6, 6.07) is 1.85. The summed E-state index contributed by atoms with van der Waals surface area (Å²) in [5.74, 6) is 0. The van der Waals surface area contributed by atoms with Crippen molar-refractivity contribution in [1.29, 1.82) is 0 Å². The van der Waals surface area contributed by atoms with Crippen molar-refractivity contribution in [2.45, 2.75) is 18.6 Å². The van der Waals surface area contributed by atoms with E-state index in [1.165, 1.54) is 13.2 Å². The lowest BCUT2D eigenvalue weighted by Crippen LogP contribution is -2.41. The van der Waals surface area contributed by atoms with E-state index in [1.54, 1.807) is 19.0 Å². The van der Waals surface area contributed by atoms with Crippen molar-refractivity contribution < 1.29 is 27.8 Å². The van der Waals surface area contributed by atoms with Gasteiger partial charge in [0, 0.05) is 27.8 Å². The molecule has 136 valence electrons. The molecule has 1 aromatic rings. The van der Waals surface area contributed by atoms with Gasteiger partial charge in [-0.3, -0.25) is 0 Å². The SMILES string of the molecule is COCCC(CO)NC(=O)Nc1cc(C(F)(F)F)ccc1N(C)C. The first kappa shape index (κ1) is 20.0. The monoisotopic (exact) mass is 349 g/mol. The largest absolute Gasteiger partial charge is 0.416 e. The van der Waals surface area contributed by atoms with Crippen molar-refractivity contribution in [3.63, 3.8) is 0 Å². The Labute approximate surface area is 138 Å². The molecule has 0 aliphatic carbocycles. The molecule has 0 aliphatic heterocycles. The van der Waals surface area contributed by atoms with E-state index in [-0.39, 0.29) is 12.3 Å². The molecule has 0 heterocycles. The average molecular weight is 349 g/mol. The smallest absolute Gasteiger partial charge is 0.394 e. The first-order chi connectivity index (χ1) is 11.2. The van der Waals surface area contributed by atoms with Crippen LogP contribution >= 0.6 is 0 Å². The van der Waals surface area contributed by atoms with E-state index < -0.39 is 23.8 Å². The Bertz CT molecular complexity index is 551. The van der Waals surface area contributed by atoms with Crippen LogP contribution in [0.25, 0.3) is 0 Å². The zero-order chi connectivity index (χ0) is 18.3. The van der Waals surface area contributed by atoms with Crippen molar-refractivity contribution >= 4 is 17.4 Å². The van der Waals surface area contributed by atoms with Crippen LogP contribution in [0, 0.1) is 0 Å². The number of carbonyl (C=O) groups excluding carboxylic acids is 1. The second-order valence-electron chi connectivity index (χ2n) is 5.38. The van der Waals surface area contributed by atoms with Crippen molar-refractivity contribution in [3.8, 4) is 0 Å². The number of carbonyl (C=O) groups is 1. The van der Waals surface area contributed by atoms with Crippen LogP contribution in [-0.4, -0.2) is 51.6 Å². The van der Waals surface area contributed by atoms with Crippen molar-refractivity contribution in [2.75, 3.05) is 44.6 Å². The number of aliphatic hydroxyl groups excluding tert-OH is 1. The number of urea groups is 1. The fourth-order valence-electron chi connectivity index (χ4n) is 2.02. The summed E-state index contributed by atoms with van der Waals surface area (Å²) in [6.07, 6.45) is -4.13. The molecular formula is C15H22F3N3O3. The third-order valence-corrected chi connectivity index (χ3v) is 3.28. The van der Waals surface area contributed by atoms with Crippen LogP contribution in [0.4, 0.5) is 29.3 Å². The van der Waals surface area contributed by atoms with E-state index in [2.05, 4.69) is 10.6 Å². The number of hydrogen-bond acceptors (Lipinski definition) is 4. The quantitative estimate of drug-likeness (QED) is 0.706. The predicted molar refractivity (Wildman–Crippen MR) is 85.3 cm³/mol. The molecule has 1 atom stereocenters. The van der Waals surface area contributed by atoms with Gasteiger partial charge in [0.15, 0.2) is 0 Å². The van der Waals surface area contributed by atoms with Crippen LogP contribution in [0.15, 0.2) is 18.2 Å². The molecule has 0 radical (unpaired) electrons. The Morgan fingerprint density at radius 1 is 1.38 bits per heavy atom.